The average molecular weight is 532 g/mol. The Morgan fingerprint density at radius 1 is 1.29 bits per heavy atom. The Kier molecular flexibility index (Phi) is 9.50. The lowest BCUT2D eigenvalue weighted by atomic mass is 9.87. The van der Waals surface area contributed by atoms with E-state index in [4.69, 9.17) is 9.47 Å². The number of methoxy groups -OCH3 is 1. The first-order valence-corrected chi connectivity index (χ1v) is 13.8. The fourth-order valence-electron chi connectivity index (χ4n) is 4.87. The number of amides is 1. The monoisotopic (exact) mass is 531 g/mol. The first-order valence-electron chi connectivity index (χ1n) is 13.0. The number of carbonyl (C=O) groups is 2. The molecule has 7 nitrogen and oxygen atoms in total. The van der Waals surface area contributed by atoms with Crippen LogP contribution in [-0.4, -0.2) is 37.1 Å². The number of hydrogen-bond donors (Lipinski definition) is 1. The molecule has 4 rings (SSSR count). The second-order valence-corrected chi connectivity index (χ2v) is 10.9. The minimum absolute atomic E-state index is 0.0646. The van der Waals surface area contributed by atoms with Crippen LogP contribution in [-0.2, 0) is 35.2 Å². The van der Waals surface area contributed by atoms with E-state index in [1.807, 2.05) is 43.3 Å². The van der Waals surface area contributed by atoms with E-state index in [1.165, 1.54) is 0 Å². The number of nitrogens with one attached hydrogen (secondary N) is 1. The van der Waals surface area contributed by atoms with Crippen LogP contribution in [0.25, 0.3) is 0 Å². The van der Waals surface area contributed by atoms with Crippen LogP contribution in [0.5, 0.6) is 5.75 Å². The fourth-order valence-corrected chi connectivity index (χ4v) is 6.31. The van der Waals surface area contributed by atoms with Gasteiger partial charge in [-0.25, -0.2) is 4.79 Å². The number of carbonyl (C=O) groups excluding carboxylic acids is 2. The maximum absolute atomic E-state index is 12.9. The minimum atomic E-state index is -0.417. The van der Waals surface area contributed by atoms with E-state index >= 15 is 0 Å². The van der Waals surface area contributed by atoms with Crippen LogP contribution < -0.4 is 10.1 Å². The number of nitriles is 1. The zero-order valence-electron chi connectivity index (χ0n) is 21.9. The molecular formula is C30H33N3O4S. The molecule has 1 amide bonds. The van der Waals surface area contributed by atoms with E-state index in [-0.39, 0.29) is 24.0 Å². The second-order valence-electron chi connectivity index (χ2n) is 9.76. The molecule has 2 aromatic heterocycles. The predicted molar refractivity (Wildman–Crippen MR) is 147 cm³/mol. The third-order valence-electron chi connectivity index (χ3n) is 6.96. The summed E-state index contributed by atoms with van der Waals surface area (Å²) >= 11 is 1.57. The quantitative estimate of drug-likeness (QED) is 0.355. The molecule has 2 atom stereocenters. The number of Topliss-reactive ketones (excluding diaryl/α,β-unsaturated/α-hetero) is 1. The maximum Gasteiger partial charge on any atom is 0.407 e. The lowest BCUT2D eigenvalue weighted by Gasteiger charge is -2.22. The average Bonchev–Trinajstić information content (AvgIpc) is 3.28. The normalized spacial score (nSPS) is 15.1. The fraction of sp³-hybridized carbons (Fsp3) is 0.400. The highest BCUT2D eigenvalue weighted by Gasteiger charge is 2.27. The van der Waals surface area contributed by atoms with Gasteiger partial charge in [0, 0.05) is 41.5 Å². The van der Waals surface area contributed by atoms with Crippen molar-refractivity contribution in [2.24, 2.45) is 5.92 Å². The van der Waals surface area contributed by atoms with Gasteiger partial charge in [0.15, 0.2) is 0 Å². The number of rotatable bonds is 11. The number of alkyl carbamates (subject to hydrolysis) is 1. The van der Waals surface area contributed by atoms with Gasteiger partial charge >= 0.3 is 6.09 Å². The summed E-state index contributed by atoms with van der Waals surface area (Å²) in [6, 6.07) is 14.0. The SMILES string of the molecule is COc1cccc(C(C)CC(=O)Cc2sc3c(c2C#N)CCC(COC(=O)NCCc2cccnc2)C3)c1. The van der Waals surface area contributed by atoms with Gasteiger partial charge in [-0.15, -0.1) is 11.3 Å². The van der Waals surface area contributed by atoms with Crippen molar-refractivity contribution < 1.29 is 19.1 Å². The molecular weight excluding hydrogens is 498 g/mol. The zero-order valence-corrected chi connectivity index (χ0v) is 22.7. The molecule has 0 saturated carbocycles. The van der Waals surface area contributed by atoms with E-state index in [9.17, 15) is 14.9 Å². The molecule has 0 spiro atoms. The zero-order chi connectivity index (χ0) is 26.9. The molecule has 0 radical (unpaired) electrons. The summed E-state index contributed by atoms with van der Waals surface area (Å²) in [5.41, 5.74) is 3.86. The molecule has 1 aliphatic carbocycles. The molecule has 0 fully saturated rings. The summed E-state index contributed by atoms with van der Waals surface area (Å²) in [6.07, 6.45) is 6.84. The first-order chi connectivity index (χ1) is 18.5. The summed E-state index contributed by atoms with van der Waals surface area (Å²) in [5.74, 6) is 1.17. The molecule has 1 aromatic carbocycles. The van der Waals surface area contributed by atoms with Crippen LogP contribution in [0.4, 0.5) is 4.79 Å². The maximum atomic E-state index is 12.9. The van der Waals surface area contributed by atoms with E-state index in [0.29, 0.717) is 31.6 Å². The molecule has 38 heavy (non-hydrogen) atoms. The Morgan fingerprint density at radius 3 is 2.92 bits per heavy atom. The van der Waals surface area contributed by atoms with Crippen molar-refractivity contribution in [2.45, 2.75) is 51.4 Å². The highest BCUT2D eigenvalue weighted by molar-refractivity contribution is 7.12. The molecule has 0 saturated heterocycles. The van der Waals surface area contributed by atoms with Crippen molar-refractivity contribution in [1.29, 1.82) is 5.26 Å². The van der Waals surface area contributed by atoms with Gasteiger partial charge in [0.1, 0.15) is 17.6 Å². The van der Waals surface area contributed by atoms with Crippen molar-refractivity contribution in [2.75, 3.05) is 20.3 Å². The van der Waals surface area contributed by atoms with Crippen molar-refractivity contribution in [3.05, 3.63) is 80.8 Å². The minimum Gasteiger partial charge on any atom is -0.497 e. The topological polar surface area (TPSA) is 101 Å². The van der Waals surface area contributed by atoms with Crippen molar-refractivity contribution in [1.82, 2.24) is 10.3 Å². The third-order valence-corrected chi connectivity index (χ3v) is 8.22. The summed E-state index contributed by atoms with van der Waals surface area (Å²) in [6.45, 7) is 2.87. The van der Waals surface area contributed by atoms with Crippen molar-refractivity contribution in [3.8, 4) is 11.8 Å². The number of fused-ring (bicyclic) bond motifs is 1. The van der Waals surface area contributed by atoms with E-state index in [1.54, 1.807) is 30.8 Å². The van der Waals surface area contributed by atoms with Gasteiger partial charge in [-0.1, -0.05) is 25.1 Å². The number of hydrogen-bond acceptors (Lipinski definition) is 7. The van der Waals surface area contributed by atoms with E-state index < -0.39 is 6.09 Å². The Bertz CT molecular complexity index is 1300. The van der Waals surface area contributed by atoms with Crippen LogP contribution in [0.2, 0.25) is 0 Å². The number of thiophene rings is 1. The van der Waals surface area contributed by atoms with Gasteiger partial charge in [-0.2, -0.15) is 5.26 Å². The number of benzene rings is 1. The summed E-state index contributed by atoms with van der Waals surface area (Å²) in [7, 11) is 1.63. The van der Waals surface area contributed by atoms with Crippen molar-refractivity contribution in [3.63, 3.8) is 0 Å². The van der Waals surface area contributed by atoms with Crippen LogP contribution in [0, 0.1) is 17.2 Å². The number of ether oxygens (including phenoxy) is 2. The summed E-state index contributed by atoms with van der Waals surface area (Å²) in [5, 5.41) is 12.6. The molecule has 8 heteroatoms. The Morgan fingerprint density at radius 2 is 2.16 bits per heavy atom. The van der Waals surface area contributed by atoms with Crippen LogP contribution >= 0.6 is 11.3 Å². The van der Waals surface area contributed by atoms with Gasteiger partial charge in [0.2, 0.25) is 0 Å². The Labute approximate surface area is 227 Å². The molecule has 0 bridgehead atoms. The number of pyridine rings is 1. The molecule has 0 aliphatic heterocycles. The summed E-state index contributed by atoms with van der Waals surface area (Å²) < 4.78 is 10.8. The molecule has 1 N–H and O–H groups in total. The molecule has 198 valence electrons. The van der Waals surface area contributed by atoms with Gasteiger partial charge in [0.05, 0.1) is 19.3 Å². The molecule has 2 unspecified atom stereocenters. The van der Waals surface area contributed by atoms with Gasteiger partial charge in [-0.05, 0) is 72.4 Å². The second kappa shape index (κ2) is 13.2. The van der Waals surface area contributed by atoms with E-state index in [0.717, 1.165) is 51.5 Å². The largest absolute Gasteiger partial charge is 0.497 e. The van der Waals surface area contributed by atoms with Crippen LogP contribution in [0.3, 0.4) is 0 Å². The lowest BCUT2D eigenvalue weighted by molar-refractivity contribution is -0.118. The smallest absolute Gasteiger partial charge is 0.407 e. The number of nitrogens with zero attached hydrogens (tertiary/aromatic N) is 2. The highest BCUT2D eigenvalue weighted by Crippen LogP contribution is 2.37. The molecule has 1 aliphatic rings. The van der Waals surface area contributed by atoms with E-state index in [2.05, 4.69) is 16.4 Å². The summed E-state index contributed by atoms with van der Waals surface area (Å²) in [4.78, 5) is 31.2. The predicted octanol–water partition coefficient (Wildman–Crippen LogP) is 5.40. The highest BCUT2D eigenvalue weighted by atomic mass is 32.1. The van der Waals surface area contributed by atoms with Crippen LogP contribution in [0.1, 0.15) is 57.7 Å². The van der Waals surface area contributed by atoms with Crippen molar-refractivity contribution >= 4 is 23.2 Å². The van der Waals surface area contributed by atoms with Gasteiger partial charge in [0.25, 0.3) is 0 Å². The van der Waals surface area contributed by atoms with Gasteiger partial charge in [-0.3, -0.25) is 9.78 Å². The Hall–Kier alpha value is -3.70. The standard InChI is InChI=1S/C30H33N3O4S/c1-20(23-6-3-7-25(15-23)36-2)13-24(34)16-29-27(17-31)26-9-8-22(14-28(26)38-29)19-37-30(35)33-12-10-21-5-4-11-32-18-21/h3-7,11,15,18,20,22H,8-10,12-14,16,19H2,1-2H3,(H,33,35). The van der Waals surface area contributed by atoms with Crippen LogP contribution in [0.15, 0.2) is 48.8 Å². The first kappa shape index (κ1) is 27.3. The Balaban J connectivity index is 1.28. The number of aromatic nitrogens is 1. The molecule has 3 aromatic rings. The molecule has 2 heterocycles. The number of ketones is 1. The van der Waals surface area contributed by atoms with Gasteiger partial charge < -0.3 is 14.8 Å². The third kappa shape index (κ3) is 7.20. The lowest BCUT2D eigenvalue weighted by Crippen LogP contribution is -2.29.